The third-order valence-electron chi connectivity index (χ3n) is 4.47. The van der Waals surface area contributed by atoms with Crippen LogP contribution < -0.4 is 16.0 Å². The van der Waals surface area contributed by atoms with E-state index in [0.717, 1.165) is 30.4 Å². The monoisotopic (exact) mass is 328 g/mol. The van der Waals surface area contributed by atoms with Crippen molar-refractivity contribution in [2.75, 3.05) is 0 Å². The Morgan fingerprint density at radius 3 is 2.50 bits per heavy atom. The van der Waals surface area contributed by atoms with Gasteiger partial charge in [-0.2, -0.15) is 5.10 Å². The van der Waals surface area contributed by atoms with E-state index in [1.54, 1.807) is 12.1 Å². The average molecular weight is 328 g/mol. The summed E-state index contributed by atoms with van der Waals surface area (Å²) in [5.74, 6) is -1.82. The number of nitrogens with one attached hydrogen (secondary N) is 1. The van der Waals surface area contributed by atoms with Gasteiger partial charge in [0, 0.05) is 11.4 Å². The zero-order chi connectivity index (χ0) is 17.3. The lowest BCUT2D eigenvalue weighted by atomic mass is 10.1. The van der Waals surface area contributed by atoms with E-state index in [4.69, 9.17) is 0 Å². The molecule has 7 nitrogen and oxygen atoms in total. The van der Waals surface area contributed by atoms with E-state index in [2.05, 4.69) is 10.4 Å². The van der Waals surface area contributed by atoms with Gasteiger partial charge in [0.15, 0.2) is 0 Å². The Balaban J connectivity index is 2.01. The second-order valence-electron chi connectivity index (χ2n) is 6.10. The average Bonchev–Trinajstić information content (AvgIpc) is 3.07. The molecule has 1 N–H and O–H groups in total. The number of hydrogen-bond donors (Lipinski definition) is 1. The van der Waals surface area contributed by atoms with Crippen molar-refractivity contribution in [2.45, 2.75) is 44.7 Å². The quantitative estimate of drug-likeness (QED) is 0.874. The molecular formula is C17H18N3O4-. The Morgan fingerprint density at radius 1 is 1.25 bits per heavy atom. The number of nitrogens with zero attached hydrogens (tertiary/aromatic N) is 2. The van der Waals surface area contributed by atoms with Crippen LogP contribution in [0.2, 0.25) is 0 Å². The van der Waals surface area contributed by atoms with Crippen LogP contribution in [-0.2, 0) is 4.79 Å². The Kier molecular flexibility index (Phi) is 4.33. The van der Waals surface area contributed by atoms with E-state index in [9.17, 15) is 19.5 Å². The zero-order valence-corrected chi connectivity index (χ0v) is 13.3. The number of aromatic carboxylic acids is 1. The van der Waals surface area contributed by atoms with Gasteiger partial charge in [-0.05, 0) is 25.8 Å². The Morgan fingerprint density at radius 2 is 1.88 bits per heavy atom. The molecule has 7 heteroatoms. The van der Waals surface area contributed by atoms with E-state index in [1.807, 2.05) is 0 Å². The molecule has 126 valence electrons. The van der Waals surface area contributed by atoms with Crippen LogP contribution in [0.15, 0.2) is 29.1 Å². The third-order valence-corrected chi connectivity index (χ3v) is 4.47. The number of fused-ring (bicyclic) bond motifs is 1. The Labute approximate surface area is 138 Å². The molecule has 1 saturated carbocycles. The van der Waals surface area contributed by atoms with Crippen LogP contribution in [0.25, 0.3) is 10.8 Å². The van der Waals surface area contributed by atoms with E-state index in [1.165, 1.54) is 19.1 Å². The van der Waals surface area contributed by atoms with Crippen molar-refractivity contribution in [3.05, 3.63) is 40.3 Å². The van der Waals surface area contributed by atoms with Crippen LogP contribution >= 0.6 is 0 Å². The van der Waals surface area contributed by atoms with Crippen molar-refractivity contribution in [3.8, 4) is 0 Å². The molecule has 0 saturated heterocycles. The van der Waals surface area contributed by atoms with Crippen molar-refractivity contribution in [1.82, 2.24) is 15.1 Å². The summed E-state index contributed by atoms with van der Waals surface area (Å²) in [7, 11) is 0. The van der Waals surface area contributed by atoms with Gasteiger partial charge in [-0.15, -0.1) is 0 Å². The van der Waals surface area contributed by atoms with Gasteiger partial charge in [-0.25, -0.2) is 4.68 Å². The molecule has 1 heterocycles. The molecule has 0 unspecified atom stereocenters. The molecule has 0 bridgehead atoms. The smallest absolute Gasteiger partial charge is 0.275 e. The standard InChI is InChI=1S/C17H19N3O4/c1-10(15(21)18-11-6-2-3-7-11)20-16(22)13-9-5-4-8-12(13)14(19-20)17(23)24/h4-5,8-11H,2-3,6-7H2,1H3,(H,18,21)(H,23,24)/p-1/t10-/m0/s1. The number of carboxylic acids is 1. The molecular weight excluding hydrogens is 310 g/mol. The van der Waals surface area contributed by atoms with Crippen molar-refractivity contribution < 1.29 is 14.7 Å². The molecule has 0 aliphatic heterocycles. The number of hydrogen-bond acceptors (Lipinski definition) is 5. The fourth-order valence-corrected chi connectivity index (χ4v) is 3.12. The molecule has 1 amide bonds. The normalized spacial score (nSPS) is 16.2. The second kappa shape index (κ2) is 6.43. The minimum Gasteiger partial charge on any atom is -0.543 e. The first-order valence-electron chi connectivity index (χ1n) is 8.02. The summed E-state index contributed by atoms with van der Waals surface area (Å²) < 4.78 is 0.928. The second-order valence-corrected chi connectivity index (χ2v) is 6.10. The summed E-state index contributed by atoms with van der Waals surface area (Å²) in [5.41, 5.74) is -0.838. The first kappa shape index (κ1) is 16.2. The SMILES string of the molecule is C[C@@H](C(=O)NC1CCCC1)n1nc(C(=O)[O-])c2ccccc2c1=O. The summed E-state index contributed by atoms with van der Waals surface area (Å²) in [4.78, 5) is 36.3. The van der Waals surface area contributed by atoms with Gasteiger partial charge in [-0.1, -0.05) is 31.0 Å². The predicted octanol–water partition coefficient (Wildman–Crippen LogP) is 0.380. The van der Waals surface area contributed by atoms with Crippen LogP contribution in [0, 0.1) is 0 Å². The molecule has 0 radical (unpaired) electrons. The van der Waals surface area contributed by atoms with Gasteiger partial charge < -0.3 is 15.2 Å². The highest BCUT2D eigenvalue weighted by atomic mass is 16.4. The van der Waals surface area contributed by atoms with Crippen molar-refractivity contribution in [3.63, 3.8) is 0 Å². The highest BCUT2D eigenvalue weighted by molar-refractivity contribution is 6.00. The number of amides is 1. The van der Waals surface area contributed by atoms with Crippen molar-refractivity contribution in [2.24, 2.45) is 0 Å². The lowest BCUT2D eigenvalue weighted by Crippen LogP contribution is -2.42. The molecule has 0 spiro atoms. The highest BCUT2D eigenvalue weighted by Gasteiger charge is 2.24. The summed E-state index contributed by atoms with van der Waals surface area (Å²) >= 11 is 0. The molecule has 3 rings (SSSR count). The summed E-state index contributed by atoms with van der Waals surface area (Å²) in [5, 5.41) is 18.5. The number of aromatic nitrogens is 2. The first-order chi connectivity index (χ1) is 11.5. The van der Waals surface area contributed by atoms with Crippen LogP contribution in [0.4, 0.5) is 0 Å². The maximum absolute atomic E-state index is 12.6. The number of carbonyl (C=O) groups excluding carboxylic acids is 2. The Hall–Kier alpha value is -2.70. The van der Waals surface area contributed by atoms with Crippen molar-refractivity contribution >= 4 is 22.6 Å². The third kappa shape index (κ3) is 2.89. The predicted molar refractivity (Wildman–Crippen MR) is 85.4 cm³/mol. The molecule has 1 aromatic carbocycles. The maximum Gasteiger partial charge on any atom is 0.275 e. The zero-order valence-electron chi connectivity index (χ0n) is 13.3. The highest BCUT2D eigenvalue weighted by Crippen LogP contribution is 2.19. The van der Waals surface area contributed by atoms with Crippen LogP contribution in [0.3, 0.4) is 0 Å². The molecule has 2 aromatic rings. The molecule has 24 heavy (non-hydrogen) atoms. The van der Waals surface area contributed by atoms with E-state index in [-0.39, 0.29) is 28.4 Å². The minimum atomic E-state index is -1.48. The summed E-state index contributed by atoms with van der Waals surface area (Å²) in [6.45, 7) is 1.53. The van der Waals surface area contributed by atoms with Gasteiger partial charge in [0.05, 0.1) is 11.4 Å². The van der Waals surface area contributed by atoms with Gasteiger partial charge in [0.1, 0.15) is 11.7 Å². The number of benzene rings is 1. The van der Waals surface area contributed by atoms with Crippen molar-refractivity contribution in [1.29, 1.82) is 0 Å². The maximum atomic E-state index is 12.6. The lowest BCUT2D eigenvalue weighted by Gasteiger charge is -2.19. The van der Waals surface area contributed by atoms with Gasteiger partial charge >= 0.3 is 0 Å². The molecule has 1 aromatic heterocycles. The van der Waals surface area contributed by atoms with Crippen LogP contribution in [-0.4, -0.2) is 27.7 Å². The largest absolute Gasteiger partial charge is 0.543 e. The fraction of sp³-hybridized carbons (Fsp3) is 0.412. The Bertz CT molecular complexity index is 853. The minimum absolute atomic E-state index is 0.108. The topological polar surface area (TPSA) is 104 Å². The van der Waals surface area contributed by atoms with E-state index in [0.29, 0.717) is 0 Å². The first-order valence-corrected chi connectivity index (χ1v) is 8.02. The van der Waals surface area contributed by atoms with Gasteiger partial charge in [0.2, 0.25) is 5.91 Å². The molecule has 1 aliphatic carbocycles. The van der Waals surface area contributed by atoms with Gasteiger partial charge in [-0.3, -0.25) is 9.59 Å². The van der Waals surface area contributed by atoms with Gasteiger partial charge in [0.25, 0.3) is 5.56 Å². The van der Waals surface area contributed by atoms with E-state index < -0.39 is 17.6 Å². The number of carboxylic acid groups (broad SMARTS) is 1. The van der Waals surface area contributed by atoms with Crippen LogP contribution in [0.5, 0.6) is 0 Å². The fourth-order valence-electron chi connectivity index (χ4n) is 3.12. The lowest BCUT2D eigenvalue weighted by molar-refractivity contribution is -0.255. The molecule has 1 atom stereocenters. The number of carbonyl (C=O) groups is 2. The van der Waals surface area contributed by atoms with Crippen LogP contribution in [0.1, 0.15) is 49.1 Å². The molecule has 1 aliphatic rings. The summed E-state index contributed by atoms with van der Waals surface area (Å²) in [6.07, 6.45) is 3.98. The molecule has 1 fully saturated rings. The number of rotatable bonds is 4. The van der Waals surface area contributed by atoms with E-state index >= 15 is 0 Å². The summed E-state index contributed by atoms with van der Waals surface area (Å²) in [6, 6.07) is 5.48.